The molecule has 0 saturated carbocycles. The lowest BCUT2D eigenvalue weighted by molar-refractivity contribution is -0.113. The van der Waals surface area contributed by atoms with Crippen LogP contribution in [0.25, 0.3) is 0 Å². The molecule has 1 N–H and O–H groups in total. The van der Waals surface area contributed by atoms with Crippen LogP contribution in [0.2, 0.25) is 0 Å². The molecule has 0 aliphatic rings. The van der Waals surface area contributed by atoms with Crippen molar-refractivity contribution in [3.63, 3.8) is 0 Å². The van der Waals surface area contributed by atoms with Gasteiger partial charge in [-0.3, -0.25) is 4.79 Å². The Morgan fingerprint density at radius 1 is 1.73 bits per heavy atom. The topological polar surface area (TPSA) is 46.5 Å². The second kappa shape index (κ2) is 6.64. The highest BCUT2D eigenvalue weighted by Crippen LogP contribution is 2.10. The number of carbonyl (C=O) groups excluding carboxylic acids is 1. The molecule has 0 heterocycles. The van der Waals surface area contributed by atoms with Crippen LogP contribution in [0.15, 0.2) is 0 Å². The number of carbonyl (C=O) groups is 1. The minimum atomic E-state index is -0.388. The van der Waals surface area contributed by atoms with Crippen LogP contribution in [-0.2, 0) is 9.53 Å². The maximum absolute atomic E-state index is 10.6. The van der Waals surface area contributed by atoms with E-state index in [0.29, 0.717) is 13.2 Å². The van der Waals surface area contributed by atoms with Gasteiger partial charge in [-0.25, -0.2) is 0 Å². The predicted molar refractivity (Wildman–Crippen MR) is 45.6 cm³/mol. The van der Waals surface area contributed by atoms with Gasteiger partial charge in [-0.2, -0.15) is 0 Å². The third kappa shape index (κ3) is 6.34. The van der Waals surface area contributed by atoms with Crippen LogP contribution in [-0.4, -0.2) is 35.3 Å². The molecule has 0 bridgehead atoms. The average molecular weight is 178 g/mol. The molecule has 0 aromatic carbocycles. The van der Waals surface area contributed by atoms with Crippen LogP contribution >= 0.6 is 11.8 Å². The van der Waals surface area contributed by atoms with E-state index in [-0.39, 0.29) is 17.0 Å². The number of aliphatic hydroxyl groups excluding tert-OH is 1. The largest absolute Gasteiger partial charge is 0.388 e. The zero-order chi connectivity index (χ0) is 8.69. The molecule has 0 aromatic heterocycles. The summed E-state index contributed by atoms with van der Waals surface area (Å²) in [4.78, 5) is 10.6. The van der Waals surface area contributed by atoms with E-state index in [1.165, 1.54) is 0 Å². The van der Waals surface area contributed by atoms with Crippen molar-refractivity contribution in [1.29, 1.82) is 0 Å². The predicted octanol–water partition coefficient (Wildman–Crippen LogP) is 0.663. The molecule has 4 heteroatoms. The number of hydrogen-bond donors (Lipinski definition) is 1. The second-order valence-corrected chi connectivity index (χ2v) is 3.61. The molecule has 0 rings (SSSR count). The van der Waals surface area contributed by atoms with Crippen LogP contribution in [0.3, 0.4) is 0 Å². The van der Waals surface area contributed by atoms with Crippen LogP contribution in [0.5, 0.6) is 0 Å². The summed E-state index contributed by atoms with van der Waals surface area (Å²) in [6.45, 7) is 4.64. The van der Waals surface area contributed by atoms with E-state index < -0.39 is 0 Å². The van der Waals surface area contributed by atoms with E-state index in [2.05, 4.69) is 0 Å². The van der Waals surface area contributed by atoms with Gasteiger partial charge in [-0.1, -0.05) is 18.7 Å². The zero-order valence-electron chi connectivity index (χ0n) is 6.87. The number of aliphatic hydroxyl groups is 1. The highest BCUT2D eigenvalue weighted by Gasteiger charge is 2.07. The highest BCUT2D eigenvalue weighted by atomic mass is 32.2. The monoisotopic (exact) mass is 178 g/mol. The van der Waals surface area contributed by atoms with Crippen molar-refractivity contribution in [3.05, 3.63) is 0 Å². The summed E-state index contributed by atoms with van der Waals surface area (Å²) >= 11 is 1.13. The summed E-state index contributed by atoms with van der Waals surface area (Å²) in [7, 11) is 0. The van der Waals surface area contributed by atoms with Crippen LogP contribution in [0.4, 0.5) is 0 Å². The Kier molecular flexibility index (Phi) is 6.60. The molecule has 66 valence electrons. The smallest absolute Gasteiger partial charge is 0.214 e. The van der Waals surface area contributed by atoms with Crippen LogP contribution in [0.1, 0.15) is 13.8 Å². The maximum Gasteiger partial charge on any atom is 0.214 e. The van der Waals surface area contributed by atoms with Gasteiger partial charge >= 0.3 is 0 Å². The average Bonchev–Trinajstić information content (AvgIpc) is 2.00. The summed E-state index contributed by atoms with van der Waals surface area (Å²) in [5.41, 5.74) is 0. The Balaban J connectivity index is 3.35. The Hall–Kier alpha value is -0.0600. The summed E-state index contributed by atoms with van der Waals surface area (Å²) < 4.78 is 5.09. The van der Waals surface area contributed by atoms with E-state index in [1.807, 2.05) is 13.8 Å². The molecule has 11 heavy (non-hydrogen) atoms. The SMILES string of the molecule is CCOCC(C)SC(=O)CO. The molecule has 3 nitrogen and oxygen atoms in total. The van der Waals surface area contributed by atoms with Crippen molar-refractivity contribution in [3.8, 4) is 0 Å². The number of thioether (sulfide) groups is 1. The number of ether oxygens (including phenoxy) is 1. The lowest BCUT2D eigenvalue weighted by atomic mass is 10.5. The molecule has 1 unspecified atom stereocenters. The molecule has 0 saturated heterocycles. The molecular weight excluding hydrogens is 164 g/mol. The Labute approximate surface area is 71.1 Å². The van der Waals surface area contributed by atoms with Gasteiger partial charge in [0.05, 0.1) is 6.61 Å². The first kappa shape index (κ1) is 10.9. The van der Waals surface area contributed by atoms with Crippen molar-refractivity contribution >= 4 is 16.9 Å². The van der Waals surface area contributed by atoms with Gasteiger partial charge in [0.2, 0.25) is 5.12 Å². The first-order valence-corrected chi connectivity index (χ1v) is 4.46. The van der Waals surface area contributed by atoms with Gasteiger partial charge < -0.3 is 9.84 Å². The second-order valence-electron chi connectivity index (χ2n) is 2.12. The standard InChI is InChI=1S/C7H14O3S/c1-3-10-5-6(2)11-7(9)4-8/h6,8H,3-5H2,1-2H3. The van der Waals surface area contributed by atoms with Gasteiger partial charge in [0, 0.05) is 11.9 Å². The van der Waals surface area contributed by atoms with Crippen LogP contribution in [0, 0.1) is 0 Å². The molecule has 0 spiro atoms. The van der Waals surface area contributed by atoms with E-state index in [9.17, 15) is 4.79 Å². The fraction of sp³-hybridized carbons (Fsp3) is 0.857. The molecule has 1 atom stereocenters. The van der Waals surface area contributed by atoms with Crippen molar-refractivity contribution < 1.29 is 14.6 Å². The minimum absolute atomic E-state index is 0.134. The summed E-state index contributed by atoms with van der Waals surface area (Å²) in [6.07, 6.45) is 0. The third-order valence-corrected chi connectivity index (χ3v) is 1.95. The molecule has 0 amide bonds. The van der Waals surface area contributed by atoms with Gasteiger partial charge in [0.1, 0.15) is 6.61 Å². The molecule has 0 radical (unpaired) electrons. The summed E-state index contributed by atoms with van der Waals surface area (Å²) in [6, 6.07) is 0. The van der Waals surface area contributed by atoms with Crippen molar-refractivity contribution in [2.45, 2.75) is 19.1 Å². The lowest BCUT2D eigenvalue weighted by Gasteiger charge is -2.07. The molecule has 0 aliphatic heterocycles. The molecule has 0 aromatic rings. The number of hydrogen-bond acceptors (Lipinski definition) is 4. The van der Waals surface area contributed by atoms with E-state index in [1.54, 1.807) is 0 Å². The molecular formula is C7H14O3S. The van der Waals surface area contributed by atoms with Crippen LogP contribution < -0.4 is 0 Å². The van der Waals surface area contributed by atoms with Gasteiger partial charge in [0.25, 0.3) is 0 Å². The minimum Gasteiger partial charge on any atom is -0.388 e. The van der Waals surface area contributed by atoms with E-state index in [0.717, 1.165) is 11.8 Å². The lowest BCUT2D eigenvalue weighted by Crippen LogP contribution is -2.12. The maximum atomic E-state index is 10.6. The Bertz CT molecular complexity index is 116. The Morgan fingerprint density at radius 2 is 2.36 bits per heavy atom. The Morgan fingerprint density at radius 3 is 2.82 bits per heavy atom. The first-order chi connectivity index (χ1) is 5.20. The quantitative estimate of drug-likeness (QED) is 0.672. The summed E-state index contributed by atoms with van der Waals surface area (Å²) in [5.74, 6) is 0. The van der Waals surface area contributed by atoms with E-state index in [4.69, 9.17) is 9.84 Å². The number of rotatable bonds is 5. The molecule has 0 aliphatic carbocycles. The fourth-order valence-corrected chi connectivity index (χ4v) is 1.27. The van der Waals surface area contributed by atoms with Crippen molar-refractivity contribution in [2.24, 2.45) is 0 Å². The highest BCUT2D eigenvalue weighted by molar-refractivity contribution is 8.14. The fourth-order valence-electron chi connectivity index (χ4n) is 0.579. The van der Waals surface area contributed by atoms with Gasteiger partial charge in [-0.15, -0.1) is 0 Å². The zero-order valence-corrected chi connectivity index (χ0v) is 7.69. The van der Waals surface area contributed by atoms with Crippen molar-refractivity contribution in [2.75, 3.05) is 19.8 Å². The van der Waals surface area contributed by atoms with Gasteiger partial charge in [-0.05, 0) is 6.92 Å². The van der Waals surface area contributed by atoms with Gasteiger partial charge in [0.15, 0.2) is 0 Å². The third-order valence-electron chi connectivity index (χ3n) is 1.02. The van der Waals surface area contributed by atoms with Crippen molar-refractivity contribution in [1.82, 2.24) is 0 Å². The first-order valence-electron chi connectivity index (χ1n) is 3.58. The normalized spacial score (nSPS) is 13.0. The molecule has 0 fully saturated rings. The summed E-state index contributed by atoms with van der Waals surface area (Å²) in [5, 5.41) is 8.33. The van der Waals surface area contributed by atoms with E-state index >= 15 is 0 Å².